The molecule has 2 amide bonds. The van der Waals surface area contributed by atoms with Crippen molar-refractivity contribution in [1.29, 1.82) is 0 Å². The lowest BCUT2D eigenvalue weighted by molar-refractivity contribution is 0.0952. The predicted molar refractivity (Wildman–Crippen MR) is 120 cm³/mol. The third-order valence-corrected chi connectivity index (χ3v) is 5.20. The molecule has 164 valence electrons. The van der Waals surface area contributed by atoms with Crippen LogP contribution in [-0.2, 0) is 13.0 Å². The molecular formula is C22H27N5O3S. The van der Waals surface area contributed by atoms with Crippen LogP contribution in [0.2, 0.25) is 0 Å². The molecule has 2 heterocycles. The number of aryl methyl sites for hydroxylation is 1. The summed E-state index contributed by atoms with van der Waals surface area (Å²) >= 11 is 1.59. The van der Waals surface area contributed by atoms with Gasteiger partial charge in [-0.1, -0.05) is 25.6 Å². The van der Waals surface area contributed by atoms with Crippen LogP contribution in [0.1, 0.15) is 47.0 Å². The Hall–Kier alpha value is -3.07. The van der Waals surface area contributed by atoms with Crippen molar-refractivity contribution in [1.82, 2.24) is 20.1 Å². The van der Waals surface area contributed by atoms with Gasteiger partial charge in [-0.2, -0.15) is 0 Å². The molecule has 0 aliphatic carbocycles. The summed E-state index contributed by atoms with van der Waals surface area (Å²) in [6.07, 6.45) is 4.96. The van der Waals surface area contributed by atoms with Crippen molar-refractivity contribution in [2.45, 2.75) is 38.4 Å². The number of rotatable bonds is 10. The molecule has 0 spiro atoms. The molecule has 0 unspecified atom stereocenters. The lowest BCUT2D eigenvalue weighted by Gasteiger charge is -2.12. The molecule has 0 atom stereocenters. The number of carbonyl (C=O) groups is 2. The van der Waals surface area contributed by atoms with Crippen LogP contribution < -0.4 is 10.6 Å². The molecule has 2 aromatic heterocycles. The van der Waals surface area contributed by atoms with Crippen LogP contribution in [0.3, 0.4) is 0 Å². The topological polar surface area (TPSA) is 102 Å². The van der Waals surface area contributed by atoms with Gasteiger partial charge in [0.25, 0.3) is 11.8 Å². The van der Waals surface area contributed by atoms with E-state index >= 15 is 0 Å². The minimum absolute atomic E-state index is 0.155. The predicted octanol–water partition coefficient (Wildman–Crippen LogP) is 3.86. The Bertz CT molecular complexity index is 997. The zero-order valence-electron chi connectivity index (χ0n) is 17.9. The number of nitrogens with one attached hydrogen (secondary N) is 2. The summed E-state index contributed by atoms with van der Waals surface area (Å²) in [7, 11) is 0. The summed E-state index contributed by atoms with van der Waals surface area (Å²) in [5, 5.41) is 15.1. The second kappa shape index (κ2) is 10.8. The minimum atomic E-state index is -0.336. The van der Waals surface area contributed by atoms with E-state index < -0.39 is 0 Å². The molecule has 0 aliphatic heterocycles. The van der Waals surface area contributed by atoms with Crippen LogP contribution >= 0.6 is 11.8 Å². The molecule has 9 heteroatoms. The SMILES string of the molecule is CSc1nnc(CCCNC(=O)c2ccc(NC(=O)c3ccco3)cc2)n1CC(C)C. The van der Waals surface area contributed by atoms with E-state index in [4.69, 9.17) is 4.42 Å². The maximum atomic E-state index is 12.4. The van der Waals surface area contributed by atoms with E-state index in [1.165, 1.54) is 6.26 Å². The molecule has 0 bridgehead atoms. The lowest BCUT2D eigenvalue weighted by atomic mass is 10.2. The number of carbonyl (C=O) groups excluding carboxylic acids is 2. The van der Waals surface area contributed by atoms with Crippen LogP contribution in [0.25, 0.3) is 0 Å². The van der Waals surface area contributed by atoms with E-state index in [1.807, 2.05) is 6.26 Å². The molecule has 3 rings (SSSR count). The summed E-state index contributed by atoms with van der Waals surface area (Å²) in [5.41, 5.74) is 1.12. The summed E-state index contributed by atoms with van der Waals surface area (Å²) < 4.78 is 7.22. The van der Waals surface area contributed by atoms with Gasteiger partial charge < -0.3 is 19.6 Å². The van der Waals surface area contributed by atoms with E-state index in [-0.39, 0.29) is 17.6 Å². The maximum Gasteiger partial charge on any atom is 0.291 e. The summed E-state index contributed by atoms with van der Waals surface area (Å²) in [6, 6.07) is 9.97. The van der Waals surface area contributed by atoms with Crippen molar-refractivity contribution in [2.75, 3.05) is 18.1 Å². The number of anilines is 1. The minimum Gasteiger partial charge on any atom is -0.459 e. The molecule has 0 aliphatic rings. The molecule has 3 aromatic rings. The third-order valence-electron chi connectivity index (χ3n) is 4.54. The van der Waals surface area contributed by atoms with Gasteiger partial charge in [0.15, 0.2) is 10.9 Å². The first-order valence-corrected chi connectivity index (χ1v) is 11.4. The Kier molecular flexibility index (Phi) is 7.88. The van der Waals surface area contributed by atoms with Gasteiger partial charge in [0.1, 0.15) is 5.82 Å². The van der Waals surface area contributed by atoms with Crippen LogP contribution in [0, 0.1) is 5.92 Å². The Morgan fingerprint density at radius 2 is 1.90 bits per heavy atom. The van der Waals surface area contributed by atoms with E-state index in [1.54, 1.807) is 48.2 Å². The fraction of sp³-hybridized carbons (Fsp3) is 0.364. The highest BCUT2D eigenvalue weighted by molar-refractivity contribution is 7.98. The van der Waals surface area contributed by atoms with E-state index in [0.29, 0.717) is 23.7 Å². The second-order valence-corrected chi connectivity index (χ2v) is 8.25. The molecule has 0 radical (unpaired) electrons. The number of nitrogens with zero attached hydrogens (tertiary/aromatic N) is 3. The standard InChI is InChI=1S/C22H27N5O3S/c1-15(2)14-27-19(25-26-22(27)31-3)7-4-12-23-20(28)16-8-10-17(11-9-16)24-21(29)18-6-5-13-30-18/h5-6,8-11,13,15H,4,7,12,14H2,1-3H3,(H,23,28)(H,24,29). The van der Waals surface area contributed by atoms with Crippen molar-refractivity contribution < 1.29 is 14.0 Å². The number of furan rings is 1. The van der Waals surface area contributed by atoms with Gasteiger partial charge in [-0.15, -0.1) is 10.2 Å². The highest BCUT2D eigenvalue weighted by Crippen LogP contribution is 2.17. The molecule has 2 N–H and O–H groups in total. The summed E-state index contributed by atoms with van der Waals surface area (Å²) in [6.45, 7) is 5.76. The molecule has 1 aromatic carbocycles. The van der Waals surface area contributed by atoms with Gasteiger partial charge in [0.2, 0.25) is 0 Å². The van der Waals surface area contributed by atoms with Crippen molar-refractivity contribution in [3.63, 3.8) is 0 Å². The van der Waals surface area contributed by atoms with Gasteiger partial charge in [0, 0.05) is 30.8 Å². The van der Waals surface area contributed by atoms with E-state index in [0.717, 1.165) is 30.4 Å². The Morgan fingerprint density at radius 3 is 2.55 bits per heavy atom. The maximum absolute atomic E-state index is 12.4. The van der Waals surface area contributed by atoms with E-state index in [2.05, 4.69) is 39.2 Å². The van der Waals surface area contributed by atoms with Crippen molar-refractivity contribution in [3.05, 3.63) is 59.8 Å². The number of amides is 2. The van der Waals surface area contributed by atoms with Crippen molar-refractivity contribution in [2.24, 2.45) is 5.92 Å². The highest BCUT2D eigenvalue weighted by atomic mass is 32.2. The largest absolute Gasteiger partial charge is 0.459 e. The molecule has 31 heavy (non-hydrogen) atoms. The monoisotopic (exact) mass is 441 g/mol. The first-order chi connectivity index (χ1) is 15.0. The van der Waals surface area contributed by atoms with Crippen LogP contribution in [0.5, 0.6) is 0 Å². The second-order valence-electron chi connectivity index (χ2n) is 7.48. The van der Waals surface area contributed by atoms with Gasteiger partial charge in [-0.3, -0.25) is 9.59 Å². The average Bonchev–Trinajstić information content (AvgIpc) is 3.42. The van der Waals surface area contributed by atoms with Crippen LogP contribution in [0.15, 0.2) is 52.2 Å². The van der Waals surface area contributed by atoms with E-state index in [9.17, 15) is 9.59 Å². The van der Waals surface area contributed by atoms with Crippen LogP contribution in [0.4, 0.5) is 5.69 Å². The van der Waals surface area contributed by atoms with Gasteiger partial charge in [0.05, 0.1) is 6.26 Å². The zero-order valence-corrected chi connectivity index (χ0v) is 18.7. The van der Waals surface area contributed by atoms with Crippen molar-refractivity contribution >= 4 is 29.3 Å². The first kappa shape index (κ1) is 22.6. The fourth-order valence-electron chi connectivity index (χ4n) is 3.06. The molecular weight excluding hydrogens is 414 g/mol. The van der Waals surface area contributed by atoms with Crippen molar-refractivity contribution in [3.8, 4) is 0 Å². The van der Waals surface area contributed by atoms with Crippen LogP contribution in [-0.4, -0.2) is 39.4 Å². The number of benzene rings is 1. The Labute approximate surface area is 185 Å². The molecule has 0 fully saturated rings. The smallest absolute Gasteiger partial charge is 0.291 e. The summed E-state index contributed by atoms with van der Waals surface area (Å²) in [4.78, 5) is 24.4. The summed E-state index contributed by atoms with van der Waals surface area (Å²) in [5.74, 6) is 1.20. The number of thioether (sulfide) groups is 1. The zero-order chi connectivity index (χ0) is 22.2. The number of aromatic nitrogens is 3. The van der Waals surface area contributed by atoms with Gasteiger partial charge >= 0.3 is 0 Å². The molecule has 8 nitrogen and oxygen atoms in total. The molecule has 0 saturated carbocycles. The average molecular weight is 442 g/mol. The van der Waals surface area contributed by atoms with Gasteiger partial charge in [-0.05, 0) is 55.0 Å². The quantitative estimate of drug-likeness (QED) is 0.366. The Morgan fingerprint density at radius 1 is 1.13 bits per heavy atom. The lowest BCUT2D eigenvalue weighted by Crippen LogP contribution is -2.25. The molecule has 0 saturated heterocycles. The number of hydrogen-bond acceptors (Lipinski definition) is 6. The highest BCUT2D eigenvalue weighted by Gasteiger charge is 2.13. The third kappa shape index (κ3) is 6.21. The normalized spacial score (nSPS) is 11.0. The van der Waals surface area contributed by atoms with Gasteiger partial charge in [-0.25, -0.2) is 0 Å². The number of hydrogen-bond donors (Lipinski definition) is 2. The fourth-order valence-corrected chi connectivity index (χ4v) is 3.58. The first-order valence-electron chi connectivity index (χ1n) is 10.2. The Balaban J connectivity index is 1.47.